The van der Waals surface area contributed by atoms with Crippen LogP contribution in [0.15, 0.2) is 18.5 Å². The minimum absolute atomic E-state index is 0.00167. The van der Waals surface area contributed by atoms with E-state index >= 15 is 0 Å². The van der Waals surface area contributed by atoms with Crippen molar-refractivity contribution in [3.8, 4) is 0 Å². The summed E-state index contributed by atoms with van der Waals surface area (Å²) in [4.78, 5) is 17.0. The lowest BCUT2D eigenvalue weighted by molar-refractivity contribution is 0.0697. The van der Waals surface area contributed by atoms with Crippen LogP contribution >= 0.6 is 0 Å². The number of rotatable bonds is 3. The molecule has 0 bridgehead atoms. The van der Waals surface area contributed by atoms with Gasteiger partial charge in [-0.3, -0.25) is 9.78 Å². The zero-order chi connectivity index (χ0) is 15.7. The van der Waals surface area contributed by atoms with Gasteiger partial charge >= 0.3 is 0 Å². The van der Waals surface area contributed by atoms with Gasteiger partial charge in [0.05, 0.1) is 11.1 Å². The van der Waals surface area contributed by atoms with Gasteiger partial charge in [-0.1, -0.05) is 0 Å². The zero-order valence-corrected chi connectivity index (χ0v) is 13.4. The molecule has 0 aliphatic carbocycles. The van der Waals surface area contributed by atoms with Gasteiger partial charge in [0, 0.05) is 48.8 Å². The summed E-state index contributed by atoms with van der Waals surface area (Å²) < 4.78 is 7.56. The van der Waals surface area contributed by atoms with E-state index in [9.17, 15) is 4.79 Å². The SMILES string of the molecule is Cc1c(C(=O)NC2CCOCC2)c2cnccc2n1C(C)C. The van der Waals surface area contributed by atoms with Gasteiger partial charge in [0.15, 0.2) is 0 Å². The molecule has 22 heavy (non-hydrogen) atoms. The van der Waals surface area contributed by atoms with E-state index in [1.54, 1.807) is 12.4 Å². The highest BCUT2D eigenvalue weighted by Crippen LogP contribution is 2.28. The van der Waals surface area contributed by atoms with Crippen molar-refractivity contribution in [1.29, 1.82) is 0 Å². The molecule has 0 aromatic carbocycles. The van der Waals surface area contributed by atoms with E-state index in [1.165, 1.54) is 0 Å². The summed E-state index contributed by atoms with van der Waals surface area (Å²) in [5, 5.41) is 4.09. The average molecular weight is 301 g/mol. The Kier molecular flexibility index (Phi) is 4.16. The molecule has 1 aliphatic rings. The fourth-order valence-electron chi connectivity index (χ4n) is 3.34. The van der Waals surface area contributed by atoms with Crippen molar-refractivity contribution in [1.82, 2.24) is 14.9 Å². The van der Waals surface area contributed by atoms with Gasteiger partial charge in [-0.15, -0.1) is 0 Å². The average Bonchev–Trinajstić information content (AvgIpc) is 2.80. The highest BCUT2D eigenvalue weighted by molar-refractivity contribution is 6.08. The molecular weight excluding hydrogens is 278 g/mol. The van der Waals surface area contributed by atoms with Crippen LogP contribution in [0.3, 0.4) is 0 Å². The van der Waals surface area contributed by atoms with E-state index in [0.717, 1.165) is 48.2 Å². The molecule has 0 radical (unpaired) electrons. The van der Waals surface area contributed by atoms with Crippen molar-refractivity contribution >= 4 is 16.8 Å². The quantitative estimate of drug-likeness (QED) is 0.948. The number of hydrogen-bond acceptors (Lipinski definition) is 3. The third-order valence-corrected chi connectivity index (χ3v) is 4.35. The number of nitrogens with zero attached hydrogens (tertiary/aromatic N) is 2. The summed E-state index contributed by atoms with van der Waals surface area (Å²) >= 11 is 0. The van der Waals surface area contributed by atoms with Crippen LogP contribution in [-0.2, 0) is 4.74 Å². The Bertz CT molecular complexity index is 685. The maximum absolute atomic E-state index is 12.8. The minimum atomic E-state index is 0.00167. The highest BCUT2D eigenvalue weighted by Gasteiger charge is 2.24. The number of nitrogens with one attached hydrogen (secondary N) is 1. The van der Waals surface area contributed by atoms with Gasteiger partial charge in [-0.25, -0.2) is 0 Å². The normalized spacial score (nSPS) is 16.4. The number of ether oxygens (including phenoxy) is 1. The Hall–Kier alpha value is -1.88. The Morgan fingerprint density at radius 3 is 2.82 bits per heavy atom. The second-order valence-corrected chi connectivity index (χ2v) is 6.18. The van der Waals surface area contributed by atoms with E-state index in [2.05, 4.69) is 28.7 Å². The third kappa shape index (κ3) is 2.61. The summed E-state index contributed by atoms with van der Waals surface area (Å²) in [5.74, 6) is 0.00167. The summed E-state index contributed by atoms with van der Waals surface area (Å²) in [6.07, 6.45) is 5.33. The Morgan fingerprint density at radius 2 is 2.14 bits per heavy atom. The molecule has 0 spiro atoms. The van der Waals surface area contributed by atoms with Crippen LogP contribution in [0.4, 0.5) is 0 Å². The van der Waals surface area contributed by atoms with Crippen molar-refractivity contribution in [2.24, 2.45) is 0 Å². The summed E-state index contributed by atoms with van der Waals surface area (Å²) in [6.45, 7) is 7.72. The number of carbonyl (C=O) groups is 1. The van der Waals surface area contributed by atoms with Gasteiger partial charge in [0.2, 0.25) is 0 Å². The van der Waals surface area contributed by atoms with E-state index in [1.807, 2.05) is 13.0 Å². The van der Waals surface area contributed by atoms with Gasteiger partial charge in [0.25, 0.3) is 5.91 Å². The molecule has 5 nitrogen and oxygen atoms in total. The van der Waals surface area contributed by atoms with Gasteiger partial charge in [-0.2, -0.15) is 0 Å². The second kappa shape index (κ2) is 6.08. The molecule has 1 aliphatic heterocycles. The molecule has 3 heterocycles. The lowest BCUT2D eigenvalue weighted by Crippen LogP contribution is -2.39. The zero-order valence-electron chi connectivity index (χ0n) is 13.4. The first kappa shape index (κ1) is 15.0. The lowest BCUT2D eigenvalue weighted by Gasteiger charge is -2.23. The number of aromatic nitrogens is 2. The van der Waals surface area contributed by atoms with Gasteiger partial charge < -0.3 is 14.6 Å². The van der Waals surface area contributed by atoms with Crippen LogP contribution in [0.25, 0.3) is 10.9 Å². The molecule has 2 aromatic heterocycles. The highest BCUT2D eigenvalue weighted by atomic mass is 16.5. The molecule has 0 unspecified atom stereocenters. The van der Waals surface area contributed by atoms with Crippen LogP contribution in [0, 0.1) is 6.92 Å². The molecule has 5 heteroatoms. The predicted molar refractivity (Wildman–Crippen MR) is 86.2 cm³/mol. The van der Waals surface area contributed by atoms with Crippen molar-refractivity contribution in [3.63, 3.8) is 0 Å². The third-order valence-electron chi connectivity index (χ3n) is 4.35. The van der Waals surface area contributed by atoms with Crippen molar-refractivity contribution in [2.75, 3.05) is 13.2 Å². The minimum Gasteiger partial charge on any atom is -0.381 e. The molecule has 2 aromatic rings. The molecule has 0 atom stereocenters. The first-order chi connectivity index (χ1) is 10.6. The van der Waals surface area contributed by atoms with E-state index in [4.69, 9.17) is 4.74 Å². The maximum atomic E-state index is 12.8. The number of pyridine rings is 1. The fraction of sp³-hybridized carbons (Fsp3) is 0.529. The molecule has 1 saturated heterocycles. The van der Waals surface area contributed by atoms with Crippen LogP contribution in [0.1, 0.15) is 48.8 Å². The lowest BCUT2D eigenvalue weighted by atomic mass is 10.1. The standard InChI is InChI=1S/C17H23N3O2/c1-11(2)20-12(3)16(14-10-18-7-4-15(14)20)17(21)19-13-5-8-22-9-6-13/h4,7,10-11,13H,5-6,8-9H2,1-3H3,(H,19,21). The van der Waals surface area contributed by atoms with Gasteiger partial charge in [0.1, 0.15) is 0 Å². The van der Waals surface area contributed by atoms with Crippen molar-refractivity contribution < 1.29 is 9.53 Å². The Balaban J connectivity index is 1.99. The molecule has 1 fully saturated rings. The largest absolute Gasteiger partial charge is 0.381 e. The van der Waals surface area contributed by atoms with E-state index < -0.39 is 0 Å². The number of fused-ring (bicyclic) bond motifs is 1. The molecular formula is C17H23N3O2. The topological polar surface area (TPSA) is 56.1 Å². The summed E-state index contributed by atoms with van der Waals surface area (Å²) in [7, 11) is 0. The van der Waals surface area contributed by atoms with E-state index in [-0.39, 0.29) is 11.9 Å². The molecule has 0 saturated carbocycles. The number of amides is 1. The Morgan fingerprint density at radius 1 is 1.41 bits per heavy atom. The fourth-order valence-corrected chi connectivity index (χ4v) is 3.34. The van der Waals surface area contributed by atoms with Crippen LogP contribution < -0.4 is 5.32 Å². The van der Waals surface area contributed by atoms with Crippen LogP contribution in [0.5, 0.6) is 0 Å². The molecule has 1 N–H and O–H groups in total. The molecule has 3 rings (SSSR count). The molecule has 1 amide bonds. The summed E-state index contributed by atoms with van der Waals surface area (Å²) in [5.41, 5.74) is 2.82. The van der Waals surface area contributed by atoms with Gasteiger partial charge in [-0.05, 0) is 39.7 Å². The maximum Gasteiger partial charge on any atom is 0.254 e. The van der Waals surface area contributed by atoms with Crippen LogP contribution in [0.2, 0.25) is 0 Å². The van der Waals surface area contributed by atoms with Crippen LogP contribution in [-0.4, -0.2) is 34.7 Å². The van der Waals surface area contributed by atoms with Crippen molar-refractivity contribution in [3.05, 3.63) is 29.7 Å². The predicted octanol–water partition coefficient (Wildman–Crippen LogP) is 2.83. The monoisotopic (exact) mass is 301 g/mol. The summed E-state index contributed by atoms with van der Waals surface area (Å²) in [6, 6.07) is 2.48. The van der Waals surface area contributed by atoms with E-state index in [0.29, 0.717) is 6.04 Å². The Labute approximate surface area is 130 Å². The smallest absolute Gasteiger partial charge is 0.254 e. The number of carbonyl (C=O) groups excluding carboxylic acids is 1. The second-order valence-electron chi connectivity index (χ2n) is 6.18. The first-order valence-electron chi connectivity index (χ1n) is 7.92. The number of hydrogen-bond donors (Lipinski definition) is 1. The van der Waals surface area contributed by atoms with Crippen molar-refractivity contribution in [2.45, 2.75) is 45.7 Å². The molecule has 118 valence electrons. The first-order valence-corrected chi connectivity index (χ1v) is 7.92.